The molecule has 0 saturated heterocycles. The lowest BCUT2D eigenvalue weighted by Crippen LogP contribution is -2.06. The number of tetrazole rings is 1. The lowest BCUT2D eigenvalue weighted by Gasteiger charge is -2.15. The minimum atomic E-state index is -0.761. The fraction of sp³-hybridized carbons (Fsp3) is 0.231. The molecule has 2 N–H and O–H groups in total. The molecule has 0 spiro atoms. The molecule has 0 fully saturated rings. The number of pyridine rings is 1. The highest BCUT2D eigenvalue weighted by Gasteiger charge is 2.17. The molecule has 2 aromatic carbocycles. The number of imidazole rings is 1. The van der Waals surface area contributed by atoms with Gasteiger partial charge in [0, 0.05) is 11.8 Å². The van der Waals surface area contributed by atoms with Crippen LogP contribution in [0.15, 0.2) is 66.9 Å². The van der Waals surface area contributed by atoms with Crippen molar-refractivity contribution in [3.63, 3.8) is 0 Å². The summed E-state index contributed by atoms with van der Waals surface area (Å²) in [5.74, 6) is 0.552. The maximum Gasteiger partial charge on any atom is 0.205 e. The van der Waals surface area contributed by atoms with Crippen LogP contribution in [0.5, 0.6) is 0 Å². The largest absolute Gasteiger partial charge is 0.382 e. The Bertz CT molecular complexity index is 1370. The number of rotatable bonds is 7. The number of unbranched alkanes of at least 4 members (excludes halogenated alkanes) is 1. The number of hydrogen-bond acceptors (Lipinski definition) is 5. The molecule has 5 rings (SSSR count). The van der Waals surface area contributed by atoms with Crippen LogP contribution in [-0.2, 0) is 6.42 Å². The first-order valence-corrected chi connectivity index (χ1v) is 11.2. The fourth-order valence-electron chi connectivity index (χ4n) is 4.19. The number of benzene rings is 2. The molecule has 3 heterocycles. The van der Waals surface area contributed by atoms with E-state index < -0.39 is 6.10 Å². The van der Waals surface area contributed by atoms with Gasteiger partial charge >= 0.3 is 0 Å². The zero-order chi connectivity index (χ0) is 22.8. The van der Waals surface area contributed by atoms with Gasteiger partial charge in [0.25, 0.3) is 0 Å². The van der Waals surface area contributed by atoms with E-state index in [4.69, 9.17) is 4.98 Å². The number of fused-ring (bicyclic) bond motifs is 1. The summed E-state index contributed by atoms with van der Waals surface area (Å²) in [6, 6.07) is 19.9. The number of hydrogen-bond donors (Lipinski definition) is 2. The molecule has 0 aliphatic heterocycles. The Morgan fingerprint density at radius 2 is 1.79 bits per heavy atom. The van der Waals surface area contributed by atoms with Gasteiger partial charge in [-0.1, -0.05) is 67.9 Å². The molecule has 0 aliphatic carbocycles. The zero-order valence-electron chi connectivity index (χ0n) is 18.7. The number of aromatic nitrogens is 6. The first kappa shape index (κ1) is 21.0. The monoisotopic (exact) mass is 438 g/mol. The highest BCUT2D eigenvalue weighted by atomic mass is 16.3. The third-order valence-electron chi connectivity index (χ3n) is 6.01. The quantitative estimate of drug-likeness (QED) is 0.376. The van der Waals surface area contributed by atoms with Crippen molar-refractivity contribution in [3.8, 4) is 22.5 Å². The molecule has 7 nitrogen and oxygen atoms in total. The number of aliphatic hydroxyl groups excluding tert-OH is 1. The molecule has 0 bridgehead atoms. The van der Waals surface area contributed by atoms with Gasteiger partial charge in [0.2, 0.25) is 5.82 Å². The van der Waals surface area contributed by atoms with Gasteiger partial charge in [-0.15, -0.1) is 10.2 Å². The maximum atomic E-state index is 11.3. The minimum absolute atomic E-state index is 0.552. The third kappa shape index (κ3) is 4.03. The summed E-state index contributed by atoms with van der Waals surface area (Å²) in [5.41, 5.74) is 7.63. The van der Waals surface area contributed by atoms with Crippen molar-refractivity contribution in [3.05, 3.63) is 89.4 Å². The molecule has 166 valence electrons. The van der Waals surface area contributed by atoms with Gasteiger partial charge in [-0.25, -0.2) is 4.98 Å². The number of nitrogens with one attached hydrogen (secondary N) is 1. The predicted octanol–water partition coefficient (Wildman–Crippen LogP) is 4.91. The molecule has 0 radical (unpaired) electrons. The molecule has 3 aromatic heterocycles. The third-order valence-corrected chi connectivity index (χ3v) is 6.01. The van der Waals surface area contributed by atoms with Crippen molar-refractivity contribution in [2.45, 2.75) is 39.2 Å². The average molecular weight is 439 g/mol. The van der Waals surface area contributed by atoms with Gasteiger partial charge in [0.15, 0.2) is 0 Å². The summed E-state index contributed by atoms with van der Waals surface area (Å²) >= 11 is 0. The van der Waals surface area contributed by atoms with Crippen LogP contribution in [0.1, 0.15) is 48.4 Å². The highest BCUT2D eigenvalue weighted by molar-refractivity contribution is 5.80. The molecule has 0 amide bonds. The summed E-state index contributed by atoms with van der Waals surface area (Å²) in [6.45, 7) is 4.23. The van der Waals surface area contributed by atoms with E-state index >= 15 is 0 Å². The lowest BCUT2D eigenvalue weighted by atomic mass is 9.96. The van der Waals surface area contributed by atoms with Gasteiger partial charge < -0.3 is 9.51 Å². The van der Waals surface area contributed by atoms with Crippen molar-refractivity contribution in [1.29, 1.82) is 0 Å². The molecular weight excluding hydrogens is 412 g/mol. The van der Waals surface area contributed by atoms with E-state index in [0.717, 1.165) is 64.1 Å². The molecular formula is C26H26N6O. The highest BCUT2D eigenvalue weighted by Crippen LogP contribution is 2.32. The van der Waals surface area contributed by atoms with Crippen molar-refractivity contribution >= 4 is 5.65 Å². The van der Waals surface area contributed by atoms with Gasteiger partial charge in [-0.05, 0) is 53.3 Å². The van der Waals surface area contributed by atoms with Gasteiger partial charge in [-0.2, -0.15) is 5.21 Å². The molecule has 5 aromatic rings. The normalized spacial score (nSPS) is 12.3. The van der Waals surface area contributed by atoms with Crippen molar-refractivity contribution in [2.24, 2.45) is 0 Å². The number of aliphatic hydroxyl groups is 1. The van der Waals surface area contributed by atoms with E-state index in [1.165, 1.54) is 0 Å². The average Bonchev–Trinajstić information content (AvgIpc) is 3.54. The van der Waals surface area contributed by atoms with E-state index in [1.54, 1.807) is 0 Å². The Balaban J connectivity index is 1.48. The van der Waals surface area contributed by atoms with Crippen LogP contribution in [0.2, 0.25) is 0 Å². The fourth-order valence-corrected chi connectivity index (χ4v) is 4.19. The van der Waals surface area contributed by atoms with E-state index in [2.05, 4.69) is 40.7 Å². The number of nitrogens with zero attached hydrogens (tertiary/aromatic N) is 5. The van der Waals surface area contributed by atoms with Crippen molar-refractivity contribution in [2.75, 3.05) is 0 Å². The SMILES string of the molecule is CCCCc1cn2c([C@H](O)c3ccc(-c4ccccc4-c4nn[nH]n4)cc3)ccc(C)c2n1. The summed E-state index contributed by atoms with van der Waals surface area (Å²) in [5, 5.41) is 25.7. The lowest BCUT2D eigenvalue weighted by molar-refractivity contribution is 0.214. The zero-order valence-corrected chi connectivity index (χ0v) is 18.7. The Labute approximate surface area is 192 Å². The summed E-state index contributed by atoms with van der Waals surface area (Å²) in [6.07, 6.45) is 4.48. The summed E-state index contributed by atoms with van der Waals surface area (Å²) in [7, 11) is 0. The number of aryl methyl sites for hydroxylation is 2. The Kier molecular flexibility index (Phi) is 5.71. The molecule has 0 unspecified atom stereocenters. The van der Waals surface area contributed by atoms with Crippen LogP contribution in [0.4, 0.5) is 0 Å². The van der Waals surface area contributed by atoms with Gasteiger partial charge in [0.05, 0.1) is 11.4 Å². The summed E-state index contributed by atoms with van der Waals surface area (Å²) < 4.78 is 2.03. The van der Waals surface area contributed by atoms with E-state index in [0.29, 0.717) is 5.82 Å². The Hall–Kier alpha value is -3.84. The second kappa shape index (κ2) is 8.96. The second-order valence-electron chi connectivity index (χ2n) is 8.28. The number of aromatic amines is 1. The molecule has 0 aliphatic rings. The van der Waals surface area contributed by atoms with Crippen molar-refractivity contribution in [1.82, 2.24) is 30.0 Å². The predicted molar refractivity (Wildman–Crippen MR) is 128 cm³/mol. The van der Waals surface area contributed by atoms with Gasteiger partial charge in [-0.3, -0.25) is 0 Å². The van der Waals surface area contributed by atoms with Crippen LogP contribution < -0.4 is 0 Å². The topological polar surface area (TPSA) is 92.0 Å². The minimum Gasteiger partial charge on any atom is -0.382 e. The number of H-pyrrole nitrogens is 1. The first-order valence-electron chi connectivity index (χ1n) is 11.2. The smallest absolute Gasteiger partial charge is 0.205 e. The van der Waals surface area contributed by atoms with Crippen LogP contribution in [-0.4, -0.2) is 35.1 Å². The Morgan fingerprint density at radius 1 is 1.00 bits per heavy atom. The molecule has 0 saturated carbocycles. The van der Waals surface area contributed by atoms with Gasteiger partial charge in [0.1, 0.15) is 11.8 Å². The van der Waals surface area contributed by atoms with E-state index in [1.807, 2.05) is 65.1 Å². The standard InChI is InChI=1S/C26H26N6O/c1-3-4-7-20-16-32-23(15-10-17(2)26(32)27-20)24(33)19-13-11-18(12-14-19)21-8-5-6-9-22(21)25-28-30-31-29-25/h5-6,8-16,24,33H,3-4,7H2,1-2H3,(H,28,29,30,31)/t24-/m1/s1. The first-order chi connectivity index (χ1) is 16.2. The second-order valence-corrected chi connectivity index (χ2v) is 8.28. The van der Waals surface area contributed by atoms with E-state index in [9.17, 15) is 5.11 Å². The molecule has 33 heavy (non-hydrogen) atoms. The molecule has 1 atom stereocenters. The Morgan fingerprint density at radius 3 is 2.52 bits per heavy atom. The van der Waals surface area contributed by atoms with E-state index in [-0.39, 0.29) is 0 Å². The summed E-state index contributed by atoms with van der Waals surface area (Å²) in [4.78, 5) is 4.81. The van der Waals surface area contributed by atoms with Crippen LogP contribution >= 0.6 is 0 Å². The maximum absolute atomic E-state index is 11.3. The molecule has 7 heteroatoms. The van der Waals surface area contributed by atoms with Crippen LogP contribution in [0, 0.1) is 6.92 Å². The van der Waals surface area contributed by atoms with Crippen molar-refractivity contribution < 1.29 is 5.11 Å². The van der Waals surface area contributed by atoms with Crippen LogP contribution in [0.3, 0.4) is 0 Å². The van der Waals surface area contributed by atoms with Crippen LogP contribution in [0.25, 0.3) is 28.2 Å².